The maximum atomic E-state index is 14.8. The topological polar surface area (TPSA) is 91.2 Å². The number of alkyl carbamates (subject to hydrolysis) is 1. The molecule has 0 atom stereocenters. The van der Waals surface area contributed by atoms with Crippen molar-refractivity contribution in [2.75, 3.05) is 13.2 Å². The average Bonchev–Trinajstić information content (AvgIpc) is 3.01. The molecule has 1 N–H and O–H groups in total. The minimum Gasteiger partial charge on any atom is -0.494 e. The van der Waals surface area contributed by atoms with Gasteiger partial charge in [0.05, 0.1) is 23.7 Å². The minimum atomic E-state index is -0.571. The summed E-state index contributed by atoms with van der Waals surface area (Å²) in [5.74, 6) is 0.0279. The molecule has 0 radical (unpaired) electrons. The summed E-state index contributed by atoms with van der Waals surface area (Å²) in [6, 6.07) is 4.70. The van der Waals surface area contributed by atoms with E-state index in [2.05, 4.69) is 20.6 Å². The highest BCUT2D eigenvalue weighted by molar-refractivity contribution is 5.86. The second-order valence-corrected chi connectivity index (χ2v) is 8.18. The van der Waals surface area contributed by atoms with Crippen LogP contribution < -0.4 is 10.1 Å². The number of carbonyl (C=O) groups excluding carboxylic acids is 1. The number of aryl methyl sites for hydroxylation is 2. The molecule has 0 unspecified atom stereocenters. The van der Waals surface area contributed by atoms with Crippen LogP contribution in [0.2, 0.25) is 0 Å². The van der Waals surface area contributed by atoms with Crippen molar-refractivity contribution >= 4 is 17.0 Å². The molecular formula is C22H28FN5O3. The Bertz CT molecular complexity index is 1100. The molecule has 0 aliphatic heterocycles. The van der Waals surface area contributed by atoms with Crippen molar-refractivity contribution in [3.05, 3.63) is 41.1 Å². The second-order valence-electron chi connectivity index (χ2n) is 8.18. The molecule has 1 amide bonds. The van der Waals surface area contributed by atoms with Crippen molar-refractivity contribution in [3.8, 4) is 11.4 Å². The van der Waals surface area contributed by atoms with E-state index in [1.807, 2.05) is 20.8 Å². The predicted octanol–water partition coefficient (Wildman–Crippen LogP) is 4.04. The smallest absolute Gasteiger partial charge is 0.407 e. The van der Waals surface area contributed by atoms with Gasteiger partial charge >= 0.3 is 6.09 Å². The van der Waals surface area contributed by atoms with Gasteiger partial charge in [-0.2, -0.15) is 15.3 Å². The van der Waals surface area contributed by atoms with E-state index in [0.29, 0.717) is 47.9 Å². The van der Waals surface area contributed by atoms with Crippen LogP contribution in [0.25, 0.3) is 16.6 Å². The standard InChI is InChI=1S/C22H28FN5O3/c1-7-30-15-8-9-18(16(23)12-15)28-14(3)19-13(2)25-26-17(20(19)27-28)10-11-24-21(29)31-22(4,5)6/h8-9,12H,7,10-11H2,1-6H3,(H,24,29). The van der Waals surface area contributed by atoms with Crippen LogP contribution in [0.15, 0.2) is 18.2 Å². The maximum absolute atomic E-state index is 14.8. The van der Waals surface area contributed by atoms with Gasteiger partial charge in [0.25, 0.3) is 0 Å². The second kappa shape index (κ2) is 8.87. The normalized spacial score (nSPS) is 11.6. The van der Waals surface area contributed by atoms with Gasteiger partial charge in [0.2, 0.25) is 0 Å². The van der Waals surface area contributed by atoms with E-state index in [4.69, 9.17) is 9.47 Å². The van der Waals surface area contributed by atoms with Gasteiger partial charge in [-0.25, -0.2) is 13.9 Å². The van der Waals surface area contributed by atoms with Gasteiger partial charge in [-0.05, 0) is 53.7 Å². The third kappa shape index (κ3) is 5.10. The fourth-order valence-electron chi connectivity index (χ4n) is 3.29. The zero-order valence-corrected chi connectivity index (χ0v) is 18.7. The summed E-state index contributed by atoms with van der Waals surface area (Å²) in [6.45, 7) is 11.7. The third-order valence-corrected chi connectivity index (χ3v) is 4.56. The maximum Gasteiger partial charge on any atom is 0.407 e. The highest BCUT2D eigenvalue weighted by Crippen LogP contribution is 2.27. The lowest BCUT2D eigenvalue weighted by Gasteiger charge is -2.19. The first-order valence-electron chi connectivity index (χ1n) is 10.2. The monoisotopic (exact) mass is 429 g/mol. The van der Waals surface area contributed by atoms with Crippen LogP contribution in [0.4, 0.5) is 9.18 Å². The highest BCUT2D eigenvalue weighted by atomic mass is 19.1. The number of aromatic nitrogens is 4. The Hall–Kier alpha value is -3.23. The molecule has 166 valence electrons. The fraction of sp³-hybridized carbons (Fsp3) is 0.455. The van der Waals surface area contributed by atoms with Crippen molar-refractivity contribution in [1.29, 1.82) is 0 Å². The van der Waals surface area contributed by atoms with Crippen molar-refractivity contribution in [1.82, 2.24) is 25.3 Å². The number of fused-ring (bicyclic) bond motifs is 1. The number of ether oxygens (including phenoxy) is 2. The van der Waals surface area contributed by atoms with E-state index in [9.17, 15) is 9.18 Å². The Labute approximate surface area is 180 Å². The molecule has 8 nitrogen and oxygen atoms in total. The third-order valence-electron chi connectivity index (χ3n) is 4.56. The SMILES string of the molecule is CCOc1ccc(-n2nc3c(CCNC(=O)OC(C)(C)C)nnc(C)c3c2C)c(F)c1. The van der Waals surface area contributed by atoms with Gasteiger partial charge < -0.3 is 14.8 Å². The summed E-state index contributed by atoms with van der Waals surface area (Å²) in [7, 11) is 0. The first kappa shape index (κ1) is 22.5. The van der Waals surface area contributed by atoms with Crippen LogP contribution in [-0.4, -0.2) is 44.8 Å². The van der Waals surface area contributed by atoms with Crippen LogP contribution in [0.1, 0.15) is 44.8 Å². The van der Waals surface area contributed by atoms with E-state index < -0.39 is 17.5 Å². The molecule has 1 aromatic carbocycles. The first-order valence-corrected chi connectivity index (χ1v) is 10.2. The molecule has 0 fully saturated rings. The number of hydrogen-bond acceptors (Lipinski definition) is 6. The van der Waals surface area contributed by atoms with Crippen molar-refractivity contribution in [2.45, 2.75) is 53.6 Å². The summed E-state index contributed by atoms with van der Waals surface area (Å²) >= 11 is 0. The fourth-order valence-corrected chi connectivity index (χ4v) is 3.29. The van der Waals surface area contributed by atoms with E-state index >= 15 is 0 Å². The number of nitrogens with zero attached hydrogens (tertiary/aromatic N) is 4. The van der Waals surface area contributed by atoms with Gasteiger partial charge in [0, 0.05) is 24.4 Å². The van der Waals surface area contributed by atoms with Crippen molar-refractivity contribution in [2.24, 2.45) is 0 Å². The number of nitrogens with one attached hydrogen (secondary N) is 1. The molecule has 2 heterocycles. The molecule has 2 aromatic heterocycles. The number of hydrogen-bond donors (Lipinski definition) is 1. The molecule has 0 spiro atoms. The Balaban J connectivity index is 1.89. The molecule has 3 rings (SSSR count). The van der Waals surface area contributed by atoms with Crippen LogP contribution in [-0.2, 0) is 11.2 Å². The molecule has 0 saturated heterocycles. The molecule has 3 aromatic rings. The molecule has 0 bridgehead atoms. The Morgan fingerprint density at radius 2 is 1.97 bits per heavy atom. The minimum absolute atomic E-state index is 0.311. The van der Waals surface area contributed by atoms with E-state index in [1.54, 1.807) is 37.6 Å². The predicted molar refractivity (Wildman–Crippen MR) is 115 cm³/mol. The van der Waals surface area contributed by atoms with Gasteiger partial charge in [0.15, 0.2) is 5.82 Å². The summed E-state index contributed by atoms with van der Waals surface area (Å²) < 4.78 is 26.9. The van der Waals surface area contributed by atoms with E-state index in [0.717, 1.165) is 11.1 Å². The summed E-state index contributed by atoms with van der Waals surface area (Å²) in [5.41, 5.74) is 2.45. The van der Waals surface area contributed by atoms with Crippen molar-refractivity contribution in [3.63, 3.8) is 0 Å². The highest BCUT2D eigenvalue weighted by Gasteiger charge is 2.20. The average molecular weight is 429 g/mol. The first-order chi connectivity index (χ1) is 14.6. The summed E-state index contributed by atoms with van der Waals surface area (Å²) in [5, 5.41) is 16.6. The lowest BCUT2D eigenvalue weighted by Crippen LogP contribution is -2.33. The number of rotatable bonds is 6. The lowest BCUT2D eigenvalue weighted by atomic mass is 10.1. The molecule has 0 aliphatic carbocycles. The summed E-state index contributed by atoms with van der Waals surface area (Å²) in [6.07, 6.45) is -0.0902. The molecule has 0 saturated carbocycles. The number of benzene rings is 1. The van der Waals surface area contributed by atoms with Crippen molar-refractivity contribution < 1.29 is 18.7 Å². The zero-order chi connectivity index (χ0) is 22.8. The Morgan fingerprint density at radius 1 is 1.23 bits per heavy atom. The summed E-state index contributed by atoms with van der Waals surface area (Å²) in [4.78, 5) is 11.9. The van der Waals surface area contributed by atoms with Crippen LogP contribution in [0, 0.1) is 19.7 Å². The Kier molecular flexibility index (Phi) is 6.42. The molecule has 0 aliphatic rings. The van der Waals surface area contributed by atoms with Gasteiger partial charge in [-0.1, -0.05) is 0 Å². The van der Waals surface area contributed by atoms with Gasteiger partial charge in [-0.3, -0.25) is 0 Å². The van der Waals surface area contributed by atoms with Crippen LogP contribution in [0.5, 0.6) is 5.75 Å². The Morgan fingerprint density at radius 3 is 2.61 bits per heavy atom. The van der Waals surface area contributed by atoms with Crippen LogP contribution >= 0.6 is 0 Å². The number of carbonyl (C=O) groups is 1. The largest absolute Gasteiger partial charge is 0.494 e. The number of amides is 1. The van der Waals surface area contributed by atoms with Gasteiger partial charge in [0.1, 0.15) is 22.6 Å². The van der Waals surface area contributed by atoms with E-state index in [-0.39, 0.29) is 0 Å². The molecule has 9 heteroatoms. The molecule has 31 heavy (non-hydrogen) atoms. The number of halogens is 1. The van der Waals surface area contributed by atoms with E-state index in [1.165, 1.54) is 6.07 Å². The van der Waals surface area contributed by atoms with Crippen LogP contribution in [0.3, 0.4) is 0 Å². The zero-order valence-electron chi connectivity index (χ0n) is 18.7. The van der Waals surface area contributed by atoms with Gasteiger partial charge in [-0.15, -0.1) is 0 Å². The quantitative estimate of drug-likeness (QED) is 0.636. The lowest BCUT2D eigenvalue weighted by molar-refractivity contribution is 0.0528. The molecular weight excluding hydrogens is 401 g/mol.